The van der Waals surface area contributed by atoms with Gasteiger partial charge >= 0.3 is 12.5 Å². The topological polar surface area (TPSA) is 35.2 Å². The molecule has 0 radical (unpaired) electrons. The van der Waals surface area contributed by atoms with E-state index in [1.807, 2.05) is 0 Å². The lowest BCUT2D eigenvalue weighted by Crippen LogP contribution is -2.34. The van der Waals surface area contributed by atoms with Crippen LogP contribution in [0.3, 0.4) is 0 Å². The zero-order chi connectivity index (χ0) is 13.1. The summed E-state index contributed by atoms with van der Waals surface area (Å²) in [4.78, 5) is 0. The first kappa shape index (κ1) is 13.7. The molecule has 1 rings (SSSR count). The fourth-order valence-electron chi connectivity index (χ4n) is 1.15. The van der Waals surface area contributed by atoms with E-state index in [-0.39, 0.29) is 5.56 Å². The van der Waals surface area contributed by atoms with Crippen LogP contribution in [0.15, 0.2) is 24.3 Å². The van der Waals surface area contributed by atoms with E-state index >= 15 is 0 Å². The summed E-state index contributed by atoms with van der Waals surface area (Å²) in [6.45, 7) is -1.01. The molecular formula is C10H10F5NO. The maximum atomic E-state index is 12.7. The average molecular weight is 255 g/mol. The Morgan fingerprint density at radius 3 is 2.35 bits per heavy atom. The predicted octanol–water partition coefficient (Wildman–Crippen LogP) is 2.89. The number of rotatable bonds is 5. The Hall–Kier alpha value is -1.37. The van der Waals surface area contributed by atoms with Crippen molar-refractivity contribution in [2.45, 2.75) is 18.6 Å². The van der Waals surface area contributed by atoms with Crippen molar-refractivity contribution < 1.29 is 26.7 Å². The van der Waals surface area contributed by atoms with Crippen LogP contribution in [0.25, 0.3) is 0 Å². The molecule has 0 bridgehead atoms. The first-order valence-electron chi connectivity index (χ1n) is 4.64. The average Bonchev–Trinajstić information content (AvgIpc) is 2.28. The van der Waals surface area contributed by atoms with Gasteiger partial charge < -0.3 is 10.5 Å². The highest BCUT2D eigenvalue weighted by Crippen LogP contribution is 2.31. The molecule has 2 N–H and O–H groups in total. The molecule has 17 heavy (non-hydrogen) atoms. The molecule has 0 spiro atoms. The second-order valence-corrected chi connectivity index (χ2v) is 3.26. The summed E-state index contributed by atoms with van der Waals surface area (Å²) in [6, 6.07) is 3.78. The Kier molecular flexibility index (Phi) is 4.28. The van der Waals surface area contributed by atoms with Gasteiger partial charge in [-0.2, -0.15) is 17.6 Å². The van der Waals surface area contributed by atoms with Crippen molar-refractivity contribution in [3.63, 3.8) is 0 Å². The first-order chi connectivity index (χ1) is 7.88. The third-order valence-electron chi connectivity index (χ3n) is 1.98. The summed E-state index contributed by atoms with van der Waals surface area (Å²) in [5.74, 6) is -0.553. The molecule has 0 amide bonds. The van der Waals surface area contributed by atoms with E-state index in [0.717, 1.165) is 6.07 Å². The number of benzene rings is 1. The Morgan fingerprint density at radius 2 is 1.82 bits per heavy atom. The minimum Gasteiger partial charge on any atom is -0.428 e. The quantitative estimate of drug-likeness (QED) is 0.821. The van der Waals surface area contributed by atoms with Gasteiger partial charge in [-0.25, -0.2) is 4.39 Å². The van der Waals surface area contributed by atoms with Gasteiger partial charge in [0.1, 0.15) is 12.4 Å². The van der Waals surface area contributed by atoms with Crippen molar-refractivity contribution in [1.82, 2.24) is 0 Å². The second-order valence-electron chi connectivity index (χ2n) is 3.26. The molecule has 7 heteroatoms. The maximum absolute atomic E-state index is 12.7. The van der Waals surface area contributed by atoms with Crippen molar-refractivity contribution in [3.8, 4) is 5.75 Å². The third kappa shape index (κ3) is 3.29. The Balaban J connectivity index is 2.98. The maximum Gasteiger partial charge on any atom is 0.461 e. The molecule has 0 fully saturated rings. The Morgan fingerprint density at radius 1 is 1.24 bits per heavy atom. The van der Waals surface area contributed by atoms with Gasteiger partial charge in [-0.15, -0.1) is 0 Å². The standard InChI is InChI=1S/C10H10F5NO/c11-5-7(16)6-3-1-2-4-8(6)17-10(14,15)9(12)13/h1-4,7,9H,5,16H2/t7-/m0/s1. The summed E-state index contributed by atoms with van der Waals surface area (Å²) in [5.41, 5.74) is 5.21. The molecule has 1 aromatic carbocycles. The number of hydrogen-bond acceptors (Lipinski definition) is 2. The molecule has 96 valence electrons. The normalized spacial score (nSPS) is 13.8. The van der Waals surface area contributed by atoms with E-state index in [9.17, 15) is 22.0 Å². The molecule has 0 saturated heterocycles. The fourth-order valence-corrected chi connectivity index (χ4v) is 1.15. The molecule has 0 aliphatic rings. The van der Waals surface area contributed by atoms with Gasteiger partial charge in [0.15, 0.2) is 0 Å². The largest absolute Gasteiger partial charge is 0.461 e. The molecule has 0 aromatic heterocycles. The fraction of sp³-hybridized carbons (Fsp3) is 0.400. The van der Waals surface area contributed by atoms with Crippen LogP contribution >= 0.6 is 0 Å². The predicted molar refractivity (Wildman–Crippen MR) is 50.9 cm³/mol. The van der Waals surface area contributed by atoms with E-state index in [2.05, 4.69) is 4.74 Å². The molecule has 0 unspecified atom stereocenters. The SMILES string of the molecule is N[C@@H](CF)c1ccccc1OC(F)(F)C(F)F. The summed E-state index contributed by atoms with van der Waals surface area (Å²) >= 11 is 0. The van der Waals surface area contributed by atoms with Gasteiger partial charge in [0.25, 0.3) is 0 Å². The van der Waals surface area contributed by atoms with Gasteiger partial charge in [-0.3, -0.25) is 0 Å². The molecule has 0 saturated carbocycles. The van der Waals surface area contributed by atoms with Crippen molar-refractivity contribution in [3.05, 3.63) is 29.8 Å². The van der Waals surface area contributed by atoms with Crippen LogP contribution in [-0.2, 0) is 0 Å². The summed E-state index contributed by atoms with van der Waals surface area (Å²) < 4.78 is 65.4. The van der Waals surface area contributed by atoms with E-state index in [0.29, 0.717) is 0 Å². The van der Waals surface area contributed by atoms with Crippen LogP contribution in [0.4, 0.5) is 22.0 Å². The zero-order valence-electron chi connectivity index (χ0n) is 8.55. The number of alkyl halides is 5. The van der Waals surface area contributed by atoms with Crippen LogP contribution in [0, 0.1) is 0 Å². The summed E-state index contributed by atoms with van der Waals surface area (Å²) in [6.07, 6.45) is -8.61. The Bertz CT molecular complexity index is 371. The molecule has 0 aliphatic carbocycles. The van der Waals surface area contributed by atoms with E-state index in [1.165, 1.54) is 18.2 Å². The van der Waals surface area contributed by atoms with Crippen molar-refractivity contribution in [2.24, 2.45) is 5.73 Å². The van der Waals surface area contributed by atoms with Gasteiger partial charge in [0.05, 0.1) is 6.04 Å². The smallest absolute Gasteiger partial charge is 0.428 e. The van der Waals surface area contributed by atoms with E-state index in [4.69, 9.17) is 5.73 Å². The number of hydrogen-bond donors (Lipinski definition) is 1. The lowest BCUT2D eigenvalue weighted by atomic mass is 10.1. The van der Waals surface area contributed by atoms with Gasteiger partial charge in [0, 0.05) is 5.56 Å². The molecule has 1 aromatic rings. The second kappa shape index (κ2) is 5.31. The van der Waals surface area contributed by atoms with Crippen molar-refractivity contribution in [2.75, 3.05) is 6.67 Å². The highest BCUT2D eigenvalue weighted by Gasteiger charge is 2.44. The van der Waals surface area contributed by atoms with Crippen LogP contribution in [-0.4, -0.2) is 19.2 Å². The number of para-hydroxylation sites is 1. The van der Waals surface area contributed by atoms with Crippen LogP contribution in [0.5, 0.6) is 5.75 Å². The highest BCUT2D eigenvalue weighted by molar-refractivity contribution is 5.36. The van der Waals surface area contributed by atoms with Gasteiger partial charge in [-0.05, 0) is 6.07 Å². The number of ether oxygens (including phenoxy) is 1. The summed E-state index contributed by atoms with van der Waals surface area (Å²) in [5, 5.41) is 0. The zero-order valence-corrected chi connectivity index (χ0v) is 8.55. The highest BCUT2D eigenvalue weighted by atomic mass is 19.3. The summed E-state index contributed by atoms with van der Waals surface area (Å²) in [7, 11) is 0. The van der Waals surface area contributed by atoms with Crippen LogP contribution in [0.2, 0.25) is 0 Å². The molecule has 0 heterocycles. The lowest BCUT2D eigenvalue weighted by molar-refractivity contribution is -0.253. The number of nitrogens with two attached hydrogens (primary N) is 1. The van der Waals surface area contributed by atoms with Crippen molar-refractivity contribution in [1.29, 1.82) is 0 Å². The van der Waals surface area contributed by atoms with Gasteiger partial charge in [0.2, 0.25) is 0 Å². The minimum absolute atomic E-state index is 0.0877. The number of halogens is 5. The lowest BCUT2D eigenvalue weighted by Gasteiger charge is -2.20. The van der Waals surface area contributed by atoms with Crippen molar-refractivity contribution >= 4 is 0 Å². The molecule has 1 atom stereocenters. The third-order valence-corrected chi connectivity index (χ3v) is 1.98. The Labute approximate surface area is 94.2 Å². The van der Waals surface area contributed by atoms with E-state index < -0.39 is 31.0 Å². The monoisotopic (exact) mass is 255 g/mol. The first-order valence-corrected chi connectivity index (χ1v) is 4.64. The van der Waals surface area contributed by atoms with Crippen LogP contribution in [0.1, 0.15) is 11.6 Å². The molecule has 2 nitrogen and oxygen atoms in total. The minimum atomic E-state index is -4.63. The van der Waals surface area contributed by atoms with Gasteiger partial charge in [-0.1, -0.05) is 18.2 Å². The molecular weight excluding hydrogens is 245 g/mol. The van der Waals surface area contributed by atoms with E-state index in [1.54, 1.807) is 0 Å². The molecule has 0 aliphatic heterocycles. The van der Waals surface area contributed by atoms with Crippen LogP contribution < -0.4 is 10.5 Å².